The van der Waals surface area contributed by atoms with Gasteiger partial charge in [0, 0.05) is 78.4 Å². The Bertz CT molecular complexity index is 785. The fraction of sp³-hybridized carbons (Fsp3) is 0.667. The molecule has 2 aliphatic heterocycles. The minimum atomic E-state index is 0. The summed E-state index contributed by atoms with van der Waals surface area (Å²) >= 11 is 0. The van der Waals surface area contributed by atoms with Crippen molar-refractivity contribution in [3.8, 4) is 5.75 Å². The molecule has 0 bridgehead atoms. The lowest BCUT2D eigenvalue weighted by atomic mass is 10.1. The van der Waals surface area contributed by atoms with Gasteiger partial charge in [-0.1, -0.05) is 25.0 Å². The predicted octanol–water partition coefficient (Wildman–Crippen LogP) is 2.04. The van der Waals surface area contributed by atoms with Crippen molar-refractivity contribution in [3.05, 3.63) is 24.3 Å². The summed E-state index contributed by atoms with van der Waals surface area (Å²) in [5.41, 5.74) is 0.903. The molecular weight excluding hydrogens is 531 g/mol. The maximum absolute atomic E-state index is 12.6. The Hall–Kier alpha value is -1.75. The monoisotopic (exact) mass is 570 g/mol. The molecule has 184 valence electrons. The average Bonchev–Trinajstić information content (AvgIpc) is 3.38. The molecule has 0 aromatic heterocycles. The molecule has 1 amide bonds. The smallest absolute Gasteiger partial charge is 0.225 e. The first kappa shape index (κ1) is 25.9. The van der Waals surface area contributed by atoms with E-state index in [1.165, 1.54) is 12.8 Å². The van der Waals surface area contributed by atoms with Crippen LogP contribution < -0.4 is 10.2 Å². The van der Waals surface area contributed by atoms with Crippen molar-refractivity contribution in [3.63, 3.8) is 0 Å². The standard InChI is InChI=1S/C24H38N6O2.HI/c1-25-24(30-18-16-28(17-19-30)21-8-4-5-9-22(21)31)26-10-11-27-12-14-29(15-13-27)23(32)20-6-2-3-7-20;/h4-5,8-9,20,31H,2-3,6-7,10-19H2,1H3,(H,25,26);1H. The van der Waals surface area contributed by atoms with Gasteiger partial charge in [-0.3, -0.25) is 14.7 Å². The van der Waals surface area contributed by atoms with Crippen molar-refractivity contribution < 1.29 is 9.90 Å². The first-order chi connectivity index (χ1) is 15.7. The van der Waals surface area contributed by atoms with Crippen molar-refractivity contribution in [2.45, 2.75) is 25.7 Å². The number of piperazine rings is 2. The number of amides is 1. The van der Waals surface area contributed by atoms with E-state index in [1.807, 2.05) is 25.2 Å². The SMILES string of the molecule is CN=C(NCCN1CCN(C(=O)C2CCCC2)CC1)N1CCN(c2ccccc2O)CC1.I. The molecule has 1 saturated carbocycles. The molecule has 2 N–H and O–H groups in total. The van der Waals surface area contributed by atoms with Crippen molar-refractivity contribution in [2.75, 3.05) is 77.4 Å². The molecule has 4 rings (SSSR count). The Morgan fingerprint density at radius 3 is 2.27 bits per heavy atom. The number of rotatable bonds is 5. The van der Waals surface area contributed by atoms with Crippen LogP contribution in [0.1, 0.15) is 25.7 Å². The topological polar surface area (TPSA) is 74.7 Å². The van der Waals surface area contributed by atoms with Gasteiger partial charge >= 0.3 is 0 Å². The molecular formula is C24H39IN6O2. The number of aliphatic imine (C=N–C) groups is 1. The Balaban J connectivity index is 0.00000306. The van der Waals surface area contributed by atoms with E-state index in [1.54, 1.807) is 6.07 Å². The summed E-state index contributed by atoms with van der Waals surface area (Å²) in [5.74, 6) is 1.96. The van der Waals surface area contributed by atoms with Crippen LogP contribution in [0.25, 0.3) is 0 Å². The second-order valence-electron chi connectivity index (χ2n) is 9.09. The maximum atomic E-state index is 12.6. The normalized spacial score (nSPS) is 20.6. The van der Waals surface area contributed by atoms with E-state index in [0.717, 1.165) is 89.9 Å². The molecule has 8 nitrogen and oxygen atoms in total. The third-order valence-corrected chi connectivity index (χ3v) is 7.11. The summed E-state index contributed by atoms with van der Waals surface area (Å²) in [6, 6.07) is 7.53. The Morgan fingerprint density at radius 2 is 1.64 bits per heavy atom. The summed E-state index contributed by atoms with van der Waals surface area (Å²) in [4.78, 5) is 26.1. The minimum absolute atomic E-state index is 0. The van der Waals surface area contributed by atoms with E-state index in [0.29, 0.717) is 11.7 Å². The number of phenolic OH excluding ortho intramolecular Hbond substituents is 1. The number of aromatic hydroxyl groups is 1. The van der Waals surface area contributed by atoms with Crippen LogP contribution in [0.2, 0.25) is 0 Å². The largest absolute Gasteiger partial charge is 0.506 e. The number of phenols is 1. The van der Waals surface area contributed by atoms with Crippen LogP contribution in [0.15, 0.2) is 29.3 Å². The molecule has 2 heterocycles. The number of carbonyl (C=O) groups is 1. The van der Waals surface area contributed by atoms with Gasteiger partial charge in [-0.25, -0.2) is 0 Å². The first-order valence-electron chi connectivity index (χ1n) is 12.2. The van der Waals surface area contributed by atoms with Crippen LogP contribution >= 0.6 is 24.0 Å². The number of guanidine groups is 1. The van der Waals surface area contributed by atoms with Gasteiger partial charge in [-0.15, -0.1) is 24.0 Å². The molecule has 0 unspecified atom stereocenters. The van der Waals surface area contributed by atoms with E-state index in [2.05, 4.69) is 29.9 Å². The zero-order valence-corrected chi connectivity index (χ0v) is 22.1. The lowest BCUT2D eigenvalue weighted by molar-refractivity contribution is -0.137. The number of hydrogen-bond donors (Lipinski definition) is 2. The molecule has 3 aliphatic rings. The first-order valence-corrected chi connectivity index (χ1v) is 12.2. The minimum Gasteiger partial charge on any atom is -0.506 e. The van der Waals surface area contributed by atoms with Gasteiger partial charge in [-0.05, 0) is 25.0 Å². The van der Waals surface area contributed by atoms with Gasteiger partial charge in [0.2, 0.25) is 5.91 Å². The van der Waals surface area contributed by atoms with Crippen molar-refractivity contribution in [1.29, 1.82) is 0 Å². The van der Waals surface area contributed by atoms with Gasteiger partial charge in [0.05, 0.1) is 5.69 Å². The van der Waals surface area contributed by atoms with Crippen LogP contribution in [0.3, 0.4) is 0 Å². The van der Waals surface area contributed by atoms with Crippen molar-refractivity contribution in [2.24, 2.45) is 10.9 Å². The Morgan fingerprint density at radius 1 is 1.00 bits per heavy atom. The zero-order chi connectivity index (χ0) is 22.3. The summed E-state index contributed by atoms with van der Waals surface area (Å²) < 4.78 is 0. The van der Waals surface area contributed by atoms with Crippen molar-refractivity contribution >= 4 is 41.5 Å². The Labute approximate surface area is 215 Å². The van der Waals surface area contributed by atoms with Gasteiger partial charge < -0.3 is 25.1 Å². The summed E-state index contributed by atoms with van der Waals surface area (Å²) in [7, 11) is 1.84. The maximum Gasteiger partial charge on any atom is 0.225 e. The third-order valence-electron chi connectivity index (χ3n) is 7.11. The molecule has 1 aliphatic carbocycles. The highest BCUT2D eigenvalue weighted by atomic mass is 127. The van der Waals surface area contributed by atoms with E-state index >= 15 is 0 Å². The molecule has 0 radical (unpaired) electrons. The molecule has 1 aromatic rings. The molecule has 9 heteroatoms. The van der Waals surface area contributed by atoms with E-state index in [-0.39, 0.29) is 29.9 Å². The summed E-state index contributed by atoms with van der Waals surface area (Å²) in [5, 5.41) is 13.6. The van der Waals surface area contributed by atoms with Gasteiger partial charge in [0.25, 0.3) is 0 Å². The molecule has 3 fully saturated rings. The van der Waals surface area contributed by atoms with Crippen LogP contribution in [0.4, 0.5) is 5.69 Å². The van der Waals surface area contributed by atoms with Crippen LogP contribution in [0.5, 0.6) is 5.75 Å². The highest BCUT2D eigenvalue weighted by Crippen LogP contribution is 2.28. The van der Waals surface area contributed by atoms with Crippen LogP contribution in [-0.2, 0) is 4.79 Å². The van der Waals surface area contributed by atoms with Crippen LogP contribution in [-0.4, -0.2) is 104 Å². The molecule has 0 spiro atoms. The van der Waals surface area contributed by atoms with Gasteiger partial charge in [-0.2, -0.15) is 0 Å². The number of nitrogens with one attached hydrogen (secondary N) is 1. The van der Waals surface area contributed by atoms with E-state index in [9.17, 15) is 9.90 Å². The number of halogens is 1. The molecule has 1 aromatic carbocycles. The summed E-state index contributed by atoms with van der Waals surface area (Å²) in [6.45, 7) is 8.90. The number of benzene rings is 1. The fourth-order valence-electron chi connectivity index (χ4n) is 5.17. The summed E-state index contributed by atoms with van der Waals surface area (Å²) in [6.07, 6.45) is 4.60. The zero-order valence-electron chi connectivity index (χ0n) is 19.8. The predicted molar refractivity (Wildman–Crippen MR) is 144 cm³/mol. The fourth-order valence-corrected chi connectivity index (χ4v) is 5.17. The quantitative estimate of drug-likeness (QED) is 0.321. The number of para-hydroxylation sites is 2. The lowest BCUT2D eigenvalue weighted by Gasteiger charge is -2.38. The highest BCUT2D eigenvalue weighted by Gasteiger charge is 2.29. The van der Waals surface area contributed by atoms with Crippen molar-refractivity contribution in [1.82, 2.24) is 20.0 Å². The third kappa shape index (κ3) is 6.65. The highest BCUT2D eigenvalue weighted by molar-refractivity contribution is 14.0. The van der Waals surface area contributed by atoms with Gasteiger partial charge in [0.1, 0.15) is 5.75 Å². The second-order valence-corrected chi connectivity index (χ2v) is 9.09. The van der Waals surface area contributed by atoms with Crippen LogP contribution in [0, 0.1) is 5.92 Å². The average molecular weight is 571 g/mol. The van der Waals surface area contributed by atoms with E-state index in [4.69, 9.17) is 0 Å². The lowest BCUT2D eigenvalue weighted by Crippen LogP contribution is -2.54. The second kappa shape index (κ2) is 12.6. The molecule has 2 saturated heterocycles. The Kier molecular flexibility index (Phi) is 9.91. The molecule has 33 heavy (non-hydrogen) atoms. The number of anilines is 1. The number of hydrogen-bond acceptors (Lipinski definition) is 5. The van der Waals surface area contributed by atoms with E-state index < -0.39 is 0 Å². The van der Waals surface area contributed by atoms with Gasteiger partial charge in [0.15, 0.2) is 5.96 Å². The number of carbonyl (C=O) groups excluding carboxylic acids is 1. The number of nitrogens with zero attached hydrogens (tertiary/aromatic N) is 5. The molecule has 0 atom stereocenters.